The first-order chi connectivity index (χ1) is 7.94. The van der Waals surface area contributed by atoms with Crippen molar-refractivity contribution in [2.75, 3.05) is 33.4 Å². The smallest absolute Gasteiger partial charge is 0.383 e. The van der Waals surface area contributed by atoms with Crippen LogP contribution >= 0.6 is 0 Å². The fraction of sp³-hybridized carbons (Fsp3) is 1.00. The maximum Gasteiger partial charge on any atom is 0.401 e. The van der Waals surface area contributed by atoms with Gasteiger partial charge in [-0.15, -0.1) is 0 Å². The second-order valence-electron chi connectivity index (χ2n) is 4.56. The Labute approximate surface area is 100 Å². The molecule has 0 saturated heterocycles. The molecule has 0 aromatic heterocycles. The summed E-state index contributed by atoms with van der Waals surface area (Å²) in [5, 5.41) is 3.10. The van der Waals surface area contributed by atoms with Crippen LogP contribution in [0.15, 0.2) is 0 Å². The van der Waals surface area contributed by atoms with Gasteiger partial charge in [-0.1, -0.05) is 0 Å². The van der Waals surface area contributed by atoms with E-state index < -0.39 is 12.7 Å². The normalized spacial score (nSPS) is 18.7. The summed E-state index contributed by atoms with van der Waals surface area (Å²) in [6.45, 7) is 2.85. The van der Waals surface area contributed by atoms with Crippen LogP contribution in [0.1, 0.15) is 19.8 Å². The lowest BCUT2D eigenvalue weighted by Gasteiger charge is -2.30. The summed E-state index contributed by atoms with van der Waals surface area (Å²) in [6.07, 6.45) is -2.33. The van der Waals surface area contributed by atoms with Gasteiger partial charge in [0.15, 0.2) is 0 Å². The molecule has 1 aliphatic carbocycles. The van der Waals surface area contributed by atoms with Gasteiger partial charge in [0.2, 0.25) is 0 Å². The molecule has 1 saturated carbocycles. The lowest BCUT2D eigenvalue weighted by atomic mass is 10.2. The van der Waals surface area contributed by atoms with E-state index in [0.717, 1.165) is 12.8 Å². The first kappa shape index (κ1) is 14.7. The van der Waals surface area contributed by atoms with Crippen LogP contribution in [0, 0.1) is 0 Å². The largest absolute Gasteiger partial charge is 0.401 e. The third kappa shape index (κ3) is 6.24. The number of methoxy groups -OCH3 is 1. The Morgan fingerprint density at radius 3 is 2.53 bits per heavy atom. The van der Waals surface area contributed by atoms with Crippen molar-refractivity contribution in [2.24, 2.45) is 0 Å². The molecule has 3 nitrogen and oxygen atoms in total. The highest BCUT2D eigenvalue weighted by Crippen LogP contribution is 2.31. The predicted molar refractivity (Wildman–Crippen MR) is 60.0 cm³/mol. The molecular weight excluding hydrogens is 233 g/mol. The molecular formula is C11H21F3N2O. The number of ether oxygens (including phenoxy) is 1. The van der Waals surface area contributed by atoms with Crippen LogP contribution in [0.2, 0.25) is 0 Å². The average molecular weight is 254 g/mol. The highest BCUT2D eigenvalue weighted by atomic mass is 19.4. The standard InChI is InChI=1S/C11H21F3N2O/c1-9(7-15-5-6-17-2)16(10-3-4-10)8-11(12,13)14/h9-10,15H,3-8H2,1-2H3. The molecule has 0 heterocycles. The number of alkyl halides is 3. The van der Waals surface area contributed by atoms with E-state index in [1.165, 1.54) is 0 Å². The van der Waals surface area contributed by atoms with Gasteiger partial charge in [0.05, 0.1) is 13.2 Å². The fourth-order valence-electron chi connectivity index (χ4n) is 1.86. The minimum atomic E-state index is -4.11. The van der Waals surface area contributed by atoms with Gasteiger partial charge in [-0.05, 0) is 19.8 Å². The Morgan fingerprint density at radius 2 is 2.06 bits per heavy atom. The van der Waals surface area contributed by atoms with E-state index in [0.29, 0.717) is 19.7 Å². The minimum absolute atomic E-state index is 0.0963. The zero-order valence-corrected chi connectivity index (χ0v) is 10.4. The molecule has 1 N–H and O–H groups in total. The van der Waals surface area contributed by atoms with Crippen molar-refractivity contribution in [1.82, 2.24) is 10.2 Å². The average Bonchev–Trinajstić information content (AvgIpc) is 3.03. The highest BCUT2D eigenvalue weighted by molar-refractivity contribution is 4.89. The summed E-state index contributed by atoms with van der Waals surface area (Å²) in [7, 11) is 1.60. The molecule has 0 aromatic rings. The highest BCUT2D eigenvalue weighted by Gasteiger charge is 2.39. The van der Waals surface area contributed by atoms with Crippen molar-refractivity contribution in [1.29, 1.82) is 0 Å². The van der Waals surface area contributed by atoms with Gasteiger partial charge >= 0.3 is 6.18 Å². The molecule has 1 rings (SSSR count). The first-order valence-corrected chi connectivity index (χ1v) is 5.96. The number of nitrogens with one attached hydrogen (secondary N) is 1. The number of hydrogen-bond donors (Lipinski definition) is 1. The van der Waals surface area contributed by atoms with Gasteiger partial charge in [-0.3, -0.25) is 4.90 Å². The van der Waals surface area contributed by atoms with Crippen molar-refractivity contribution in [3.63, 3.8) is 0 Å². The van der Waals surface area contributed by atoms with Crippen LogP contribution in [0.3, 0.4) is 0 Å². The van der Waals surface area contributed by atoms with Crippen molar-refractivity contribution in [2.45, 2.75) is 38.0 Å². The zero-order valence-electron chi connectivity index (χ0n) is 10.4. The van der Waals surface area contributed by atoms with E-state index in [-0.39, 0.29) is 12.1 Å². The Bertz CT molecular complexity index is 219. The molecule has 6 heteroatoms. The Hall–Kier alpha value is -0.330. The van der Waals surface area contributed by atoms with Gasteiger partial charge in [-0.25, -0.2) is 0 Å². The summed E-state index contributed by atoms with van der Waals surface area (Å²) in [4.78, 5) is 1.56. The van der Waals surface area contributed by atoms with E-state index in [9.17, 15) is 13.2 Å². The third-order valence-corrected chi connectivity index (χ3v) is 2.87. The third-order valence-electron chi connectivity index (χ3n) is 2.87. The number of nitrogens with zero attached hydrogens (tertiary/aromatic N) is 1. The van der Waals surface area contributed by atoms with Crippen LogP contribution in [0.5, 0.6) is 0 Å². The van der Waals surface area contributed by atoms with Gasteiger partial charge in [-0.2, -0.15) is 13.2 Å². The SMILES string of the molecule is COCCNCC(C)N(CC(F)(F)F)C1CC1. The summed E-state index contributed by atoms with van der Waals surface area (Å²) in [6, 6.07) is 0.0248. The summed E-state index contributed by atoms with van der Waals surface area (Å²) < 4.78 is 42.1. The van der Waals surface area contributed by atoms with Gasteiger partial charge in [0.25, 0.3) is 0 Å². The molecule has 1 aliphatic rings. The number of halogens is 3. The first-order valence-electron chi connectivity index (χ1n) is 5.96. The zero-order chi connectivity index (χ0) is 12.9. The Kier molecular flexibility index (Phi) is 5.69. The predicted octanol–water partition coefficient (Wildman–Crippen LogP) is 1.64. The lowest BCUT2D eigenvalue weighted by Crippen LogP contribution is -2.46. The van der Waals surface area contributed by atoms with E-state index in [2.05, 4.69) is 5.32 Å². The molecule has 0 amide bonds. The van der Waals surface area contributed by atoms with Crippen LogP contribution in [-0.4, -0.2) is 56.5 Å². The van der Waals surface area contributed by atoms with Crippen molar-refractivity contribution in [3.05, 3.63) is 0 Å². The summed E-state index contributed by atoms with van der Waals surface area (Å²) in [5.41, 5.74) is 0. The molecule has 1 atom stereocenters. The molecule has 17 heavy (non-hydrogen) atoms. The molecule has 0 radical (unpaired) electrons. The van der Waals surface area contributed by atoms with Crippen molar-refractivity contribution < 1.29 is 17.9 Å². The molecule has 0 spiro atoms. The molecule has 1 fully saturated rings. The quantitative estimate of drug-likeness (QED) is 0.666. The van der Waals surface area contributed by atoms with Crippen LogP contribution in [-0.2, 0) is 4.74 Å². The van der Waals surface area contributed by atoms with E-state index >= 15 is 0 Å². The number of rotatable bonds is 8. The Morgan fingerprint density at radius 1 is 1.41 bits per heavy atom. The van der Waals surface area contributed by atoms with E-state index in [4.69, 9.17) is 4.74 Å². The molecule has 0 bridgehead atoms. The second-order valence-corrected chi connectivity index (χ2v) is 4.56. The van der Waals surface area contributed by atoms with Crippen LogP contribution in [0.25, 0.3) is 0 Å². The minimum Gasteiger partial charge on any atom is -0.383 e. The van der Waals surface area contributed by atoms with Crippen LogP contribution < -0.4 is 5.32 Å². The fourth-order valence-corrected chi connectivity index (χ4v) is 1.86. The summed E-state index contributed by atoms with van der Waals surface area (Å²) in [5.74, 6) is 0. The molecule has 0 aromatic carbocycles. The van der Waals surface area contributed by atoms with Crippen molar-refractivity contribution >= 4 is 0 Å². The van der Waals surface area contributed by atoms with Crippen LogP contribution in [0.4, 0.5) is 13.2 Å². The molecule has 0 aliphatic heterocycles. The monoisotopic (exact) mass is 254 g/mol. The van der Waals surface area contributed by atoms with E-state index in [1.54, 1.807) is 12.0 Å². The molecule has 102 valence electrons. The topological polar surface area (TPSA) is 24.5 Å². The van der Waals surface area contributed by atoms with E-state index in [1.807, 2.05) is 6.92 Å². The van der Waals surface area contributed by atoms with Gasteiger partial charge in [0, 0.05) is 32.3 Å². The van der Waals surface area contributed by atoms with Gasteiger partial charge < -0.3 is 10.1 Å². The second kappa shape index (κ2) is 6.56. The van der Waals surface area contributed by atoms with Crippen molar-refractivity contribution in [3.8, 4) is 0 Å². The maximum atomic E-state index is 12.4. The lowest BCUT2D eigenvalue weighted by molar-refractivity contribution is -0.151. The Balaban J connectivity index is 2.30. The maximum absolute atomic E-state index is 12.4. The molecule has 1 unspecified atom stereocenters. The number of hydrogen-bond acceptors (Lipinski definition) is 3. The summed E-state index contributed by atoms with van der Waals surface area (Å²) >= 11 is 0. The van der Waals surface area contributed by atoms with Gasteiger partial charge in [0.1, 0.15) is 0 Å².